The van der Waals surface area contributed by atoms with Gasteiger partial charge in [0.2, 0.25) is 11.8 Å². The van der Waals surface area contributed by atoms with Crippen molar-refractivity contribution in [2.45, 2.75) is 40.2 Å². The number of carbonyl (C=O) groups is 2. The number of ether oxygens (including phenoxy) is 2. The number of rotatable bonds is 4. The third-order valence-corrected chi connectivity index (χ3v) is 4.33. The smallest absolute Gasteiger partial charge is 0.249 e. The summed E-state index contributed by atoms with van der Waals surface area (Å²) in [5.74, 6) is 1.17. The summed E-state index contributed by atoms with van der Waals surface area (Å²) in [5, 5.41) is 0. The summed E-state index contributed by atoms with van der Waals surface area (Å²) >= 11 is 0. The average molecular weight is 348 g/mol. The Balaban J connectivity index is 2.23. The summed E-state index contributed by atoms with van der Waals surface area (Å²) < 4.78 is 10.7. The molecule has 6 nitrogen and oxygen atoms in total. The van der Waals surface area contributed by atoms with Crippen LogP contribution in [0.3, 0.4) is 0 Å². The van der Waals surface area contributed by atoms with Crippen molar-refractivity contribution in [1.29, 1.82) is 0 Å². The molecule has 1 saturated heterocycles. The van der Waals surface area contributed by atoms with E-state index in [0.29, 0.717) is 36.7 Å². The van der Waals surface area contributed by atoms with Crippen LogP contribution in [0.4, 0.5) is 5.69 Å². The second kappa shape index (κ2) is 7.33. The molecule has 1 fully saturated rings. The lowest BCUT2D eigenvalue weighted by molar-refractivity contribution is -0.142. The Morgan fingerprint density at radius 3 is 2.44 bits per heavy atom. The summed E-state index contributed by atoms with van der Waals surface area (Å²) in [7, 11) is 3.15. The molecule has 0 aromatic heterocycles. The maximum Gasteiger partial charge on any atom is 0.249 e. The summed E-state index contributed by atoms with van der Waals surface area (Å²) in [6.45, 7) is 8.78. The van der Waals surface area contributed by atoms with E-state index in [1.54, 1.807) is 49.1 Å². The molecule has 0 radical (unpaired) electrons. The van der Waals surface area contributed by atoms with E-state index in [2.05, 4.69) is 0 Å². The Hall–Kier alpha value is -2.24. The molecule has 0 bridgehead atoms. The molecule has 1 aliphatic rings. The van der Waals surface area contributed by atoms with Gasteiger partial charge in [-0.1, -0.05) is 20.8 Å². The molecule has 1 atom stereocenters. The number of anilines is 1. The predicted molar refractivity (Wildman–Crippen MR) is 97.1 cm³/mol. The third-order valence-electron chi connectivity index (χ3n) is 4.33. The minimum atomic E-state index is -0.500. The number of hydrogen-bond donors (Lipinski definition) is 0. The molecular weight excluding hydrogens is 320 g/mol. The standard InChI is InChI=1S/C19H28N2O4/c1-13-18(23)21(10-9-20(13)17(22)12-19(2,3)4)15-11-14(24-5)7-8-16(15)25-6/h7-8,11,13H,9-10,12H2,1-6H3. The van der Waals surface area contributed by atoms with Crippen molar-refractivity contribution in [2.24, 2.45) is 5.41 Å². The normalized spacial score (nSPS) is 18.3. The first-order chi connectivity index (χ1) is 11.7. The highest BCUT2D eigenvalue weighted by Gasteiger charge is 2.36. The molecule has 1 heterocycles. The number of hydrogen-bond acceptors (Lipinski definition) is 4. The van der Waals surface area contributed by atoms with E-state index in [4.69, 9.17) is 9.47 Å². The zero-order valence-corrected chi connectivity index (χ0v) is 16.0. The molecule has 0 N–H and O–H groups in total. The summed E-state index contributed by atoms with van der Waals surface area (Å²) in [6.07, 6.45) is 0.424. The van der Waals surface area contributed by atoms with E-state index in [-0.39, 0.29) is 17.2 Å². The molecule has 1 aromatic carbocycles. The van der Waals surface area contributed by atoms with E-state index in [1.807, 2.05) is 20.8 Å². The predicted octanol–water partition coefficient (Wildman–Crippen LogP) is 2.70. The summed E-state index contributed by atoms with van der Waals surface area (Å²) in [4.78, 5) is 28.8. The van der Waals surface area contributed by atoms with Gasteiger partial charge in [-0.25, -0.2) is 0 Å². The van der Waals surface area contributed by atoms with Gasteiger partial charge in [-0.15, -0.1) is 0 Å². The summed E-state index contributed by atoms with van der Waals surface area (Å²) in [5.41, 5.74) is 0.564. The van der Waals surface area contributed by atoms with Gasteiger partial charge in [0.25, 0.3) is 0 Å². The Bertz CT molecular complexity index is 651. The monoisotopic (exact) mass is 348 g/mol. The minimum Gasteiger partial charge on any atom is -0.497 e. The van der Waals surface area contributed by atoms with Gasteiger partial charge < -0.3 is 19.3 Å². The highest BCUT2D eigenvalue weighted by molar-refractivity contribution is 6.01. The van der Waals surface area contributed by atoms with Crippen LogP contribution in [0.2, 0.25) is 0 Å². The first kappa shape index (κ1) is 19.1. The van der Waals surface area contributed by atoms with E-state index in [0.717, 1.165) is 0 Å². The van der Waals surface area contributed by atoms with Crippen molar-refractivity contribution in [2.75, 3.05) is 32.2 Å². The molecule has 2 rings (SSSR count). The zero-order chi connectivity index (χ0) is 18.8. The number of carbonyl (C=O) groups excluding carboxylic acids is 2. The summed E-state index contributed by atoms with van der Waals surface area (Å²) in [6, 6.07) is 4.86. The molecule has 6 heteroatoms. The lowest BCUT2D eigenvalue weighted by atomic mass is 9.91. The molecule has 138 valence electrons. The largest absolute Gasteiger partial charge is 0.497 e. The lowest BCUT2D eigenvalue weighted by Gasteiger charge is -2.40. The number of nitrogens with zero attached hydrogens (tertiary/aromatic N) is 2. The molecule has 0 saturated carbocycles. The van der Waals surface area contributed by atoms with E-state index >= 15 is 0 Å². The molecular formula is C19H28N2O4. The van der Waals surface area contributed by atoms with Crippen LogP contribution in [-0.4, -0.2) is 50.1 Å². The molecule has 1 unspecified atom stereocenters. The SMILES string of the molecule is COc1ccc(OC)c(N2CCN(C(=O)CC(C)(C)C)C(C)C2=O)c1. The van der Waals surface area contributed by atoms with Crippen molar-refractivity contribution in [3.63, 3.8) is 0 Å². The van der Waals surface area contributed by atoms with Crippen molar-refractivity contribution in [3.05, 3.63) is 18.2 Å². The number of methoxy groups -OCH3 is 2. The van der Waals surface area contributed by atoms with Gasteiger partial charge in [0.1, 0.15) is 17.5 Å². The number of amides is 2. The molecule has 0 aliphatic carbocycles. The third kappa shape index (κ3) is 4.24. The second-order valence-electron chi connectivity index (χ2n) is 7.53. The van der Waals surface area contributed by atoms with Gasteiger partial charge >= 0.3 is 0 Å². The Morgan fingerprint density at radius 2 is 1.88 bits per heavy atom. The maximum atomic E-state index is 12.9. The molecule has 1 aliphatic heterocycles. The van der Waals surface area contributed by atoms with Crippen LogP contribution in [0.25, 0.3) is 0 Å². The Morgan fingerprint density at radius 1 is 1.20 bits per heavy atom. The van der Waals surface area contributed by atoms with Crippen LogP contribution in [0.5, 0.6) is 11.5 Å². The van der Waals surface area contributed by atoms with Gasteiger partial charge in [-0.3, -0.25) is 9.59 Å². The van der Waals surface area contributed by atoms with Crippen molar-refractivity contribution < 1.29 is 19.1 Å². The number of piperazine rings is 1. The fourth-order valence-electron chi connectivity index (χ4n) is 3.01. The van der Waals surface area contributed by atoms with Gasteiger partial charge in [-0.05, 0) is 24.5 Å². The zero-order valence-electron chi connectivity index (χ0n) is 16.0. The number of benzene rings is 1. The highest BCUT2D eigenvalue weighted by atomic mass is 16.5. The molecule has 1 aromatic rings. The van der Waals surface area contributed by atoms with Crippen LogP contribution in [0, 0.1) is 5.41 Å². The van der Waals surface area contributed by atoms with Gasteiger partial charge in [0.05, 0.1) is 19.9 Å². The Kier molecular flexibility index (Phi) is 5.60. The van der Waals surface area contributed by atoms with E-state index in [9.17, 15) is 9.59 Å². The van der Waals surface area contributed by atoms with E-state index < -0.39 is 6.04 Å². The van der Waals surface area contributed by atoms with Crippen LogP contribution in [-0.2, 0) is 9.59 Å². The van der Waals surface area contributed by atoms with Crippen LogP contribution >= 0.6 is 0 Å². The van der Waals surface area contributed by atoms with E-state index in [1.165, 1.54) is 0 Å². The van der Waals surface area contributed by atoms with Crippen LogP contribution < -0.4 is 14.4 Å². The van der Waals surface area contributed by atoms with Gasteiger partial charge in [0.15, 0.2) is 0 Å². The van der Waals surface area contributed by atoms with Crippen LogP contribution in [0.1, 0.15) is 34.1 Å². The highest BCUT2D eigenvalue weighted by Crippen LogP contribution is 2.34. The Labute approximate surface area is 149 Å². The van der Waals surface area contributed by atoms with Crippen molar-refractivity contribution in [3.8, 4) is 11.5 Å². The van der Waals surface area contributed by atoms with Crippen molar-refractivity contribution >= 4 is 17.5 Å². The quantitative estimate of drug-likeness (QED) is 0.839. The average Bonchev–Trinajstić information content (AvgIpc) is 2.55. The maximum absolute atomic E-state index is 12.9. The molecule has 0 spiro atoms. The molecule has 25 heavy (non-hydrogen) atoms. The minimum absolute atomic E-state index is 0.0191. The first-order valence-electron chi connectivity index (χ1n) is 8.51. The molecule has 2 amide bonds. The van der Waals surface area contributed by atoms with Gasteiger partial charge in [0, 0.05) is 25.6 Å². The fraction of sp³-hybridized carbons (Fsp3) is 0.579. The van der Waals surface area contributed by atoms with Crippen molar-refractivity contribution in [1.82, 2.24) is 4.90 Å². The van der Waals surface area contributed by atoms with Gasteiger partial charge in [-0.2, -0.15) is 0 Å². The second-order valence-corrected chi connectivity index (χ2v) is 7.53. The topological polar surface area (TPSA) is 59.1 Å². The first-order valence-corrected chi connectivity index (χ1v) is 8.51. The van der Waals surface area contributed by atoms with Crippen LogP contribution in [0.15, 0.2) is 18.2 Å². The lowest BCUT2D eigenvalue weighted by Crippen LogP contribution is -2.58. The fourth-order valence-corrected chi connectivity index (χ4v) is 3.01.